The Bertz CT molecular complexity index is 622. The van der Waals surface area contributed by atoms with Crippen molar-refractivity contribution in [3.05, 3.63) is 29.3 Å². The Hall–Kier alpha value is -1.50. The second-order valence-electron chi connectivity index (χ2n) is 5.24. The molecular weight excluding hydrogens is 286 g/mol. The Morgan fingerprint density at radius 2 is 2.29 bits per heavy atom. The third-order valence-electron chi connectivity index (χ3n) is 3.82. The molecule has 112 valence electrons. The molecule has 2 heterocycles. The average molecular weight is 305 g/mol. The molecule has 1 aromatic carbocycles. The molecule has 1 unspecified atom stereocenters. The van der Waals surface area contributed by atoms with Crippen molar-refractivity contribution in [1.82, 2.24) is 15.2 Å². The summed E-state index contributed by atoms with van der Waals surface area (Å²) in [5.41, 5.74) is 3.44. The number of carbonyl (C=O) groups excluding carboxylic acids is 1. The fraction of sp³-hybridized carbons (Fsp3) is 0.467. The maximum absolute atomic E-state index is 12.2. The van der Waals surface area contributed by atoms with Gasteiger partial charge in [-0.05, 0) is 25.1 Å². The summed E-state index contributed by atoms with van der Waals surface area (Å²) in [7, 11) is 0. The van der Waals surface area contributed by atoms with Gasteiger partial charge in [0.2, 0.25) is 0 Å². The van der Waals surface area contributed by atoms with E-state index < -0.39 is 0 Å². The zero-order valence-electron chi connectivity index (χ0n) is 12.0. The Morgan fingerprint density at radius 3 is 3.10 bits per heavy atom. The van der Waals surface area contributed by atoms with Crippen LogP contribution in [-0.2, 0) is 4.74 Å². The van der Waals surface area contributed by atoms with Crippen LogP contribution in [0.25, 0.3) is 10.2 Å². The van der Waals surface area contributed by atoms with Gasteiger partial charge in [-0.2, -0.15) is 0 Å². The van der Waals surface area contributed by atoms with Gasteiger partial charge in [-0.3, -0.25) is 9.69 Å². The molecule has 2 aromatic rings. The fourth-order valence-corrected chi connectivity index (χ4v) is 3.20. The van der Waals surface area contributed by atoms with Gasteiger partial charge in [0.1, 0.15) is 0 Å². The van der Waals surface area contributed by atoms with Crippen LogP contribution in [0.5, 0.6) is 0 Å². The Kier molecular flexibility index (Phi) is 4.48. The van der Waals surface area contributed by atoms with Gasteiger partial charge >= 0.3 is 0 Å². The summed E-state index contributed by atoms with van der Waals surface area (Å²) < 4.78 is 6.39. The molecule has 0 bridgehead atoms. The van der Waals surface area contributed by atoms with Crippen molar-refractivity contribution >= 4 is 27.5 Å². The van der Waals surface area contributed by atoms with Gasteiger partial charge in [0.25, 0.3) is 5.91 Å². The average Bonchev–Trinajstić information content (AvgIpc) is 3.00. The predicted octanol–water partition coefficient (Wildman–Crippen LogP) is 1.75. The van der Waals surface area contributed by atoms with Crippen LogP contribution in [0.2, 0.25) is 0 Å². The van der Waals surface area contributed by atoms with Gasteiger partial charge in [-0.25, -0.2) is 4.98 Å². The molecule has 21 heavy (non-hydrogen) atoms. The molecule has 1 atom stereocenters. The van der Waals surface area contributed by atoms with Crippen LogP contribution in [-0.4, -0.2) is 54.7 Å². The van der Waals surface area contributed by atoms with Crippen molar-refractivity contribution in [1.29, 1.82) is 0 Å². The monoisotopic (exact) mass is 305 g/mol. The molecule has 1 N–H and O–H groups in total. The quantitative estimate of drug-likeness (QED) is 0.935. The number of benzene rings is 1. The number of ether oxygens (including phenoxy) is 1. The predicted molar refractivity (Wildman–Crippen MR) is 83.8 cm³/mol. The molecule has 1 aliphatic rings. The number of carbonyl (C=O) groups is 1. The highest BCUT2D eigenvalue weighted by Gasteiger charge is 2.17. The van der Waals surface area contributed by atoms with Crippen molar-refractivity contribution in [3.63, 3.8) is 0 Å². The molecule has 1 saturated heterocycles. The van der Waals surface area contributed by atoms with Crippen LogP contribution in [0.15, 0.2) is 23.7 Å². The van der Waals surface area contributed by atoms with Crippen LogP contribution >= 0.6 is 11.3 Å². The van der Waals surface area contributed by atoms with E-state index in [0.717, 1.165) is 36.5 Å². The minimum atomic E-state index is -0.0228. The summed E-state index contributed by atoms with van der Waals surface area (Å²) in [6, 6.07) is 5.95. The fourth-order valence-electron chi connectivity index (χ4n) is 2.49. The van der Waals surface area contributed by atoms with Crippen LogP contribution in [0.1, 0.15) is 17.3 Å². The topological polar surface area (TPSA) is 54.5 Å². The number of hydrogen-bond acceptors (Lipinski definition) is 5. The van der Waals surface area contributed by atoms with Gasteiger partial charge in [-0.1, -0.05) is 0 Å². The normalized spacial score (nSPS) is 17.8. The van der Waals surface area contributed by atoms with Crippen LogP contribution in [0.4, 0.5) is 0 Å². The third-order valence-corrected chi connectivity index (χ3v) is 4.61. The lowest BCUT2D eigenvalue weighted by molar-refractivity contribution is 0.0204. The highest BCUT2D eigenvalue weighted by atomic mass is 32.1. The lowest BCUT2D eigenvalue weighted by Crippen LogP contribution is -2.47. The summed E-state index contributed by atoms with van der Waals surface area (Å²) >= 11 is 1.55. The molecule has 1 aromatic heterocycles. The largest absolute Gasteiger partial charge is 0.379 e. The van der Waals surface area contributed by atoms with E-state index >= 15 is 0 Å². The van der Waals surface area contributed by atoms with Gasteiger partial charge in [0.15, 0.2) is 0 Å². The highest BCUT2D eigenvalue weighted by Crippen LogP contribution is 2.19. The van der Waals surface area contributed by atoms with Crippen LogP contribution in [0, 0.1) is 0 Å². The second kappa shape index (κ2) is 6.51. The second-order valence-corrected chi connectivity index (χ2v) is 6.13. The lowest BCUT2D eigenvalue weighted by Gasteiger charge is -2.32. The summed E-state index contributed by atoms with van der Waals surface area (Å²) in [5, 5.41) is 3.02. The Labute approximate surface area is 127 Å². The van der Waals surface area contributed by atoms with Crippen molar-refractivity contribution in [3.8, 4) is 0 Å². The van der Waals surface area contributed by atoms with E-state index in [9.17, 15) is 4.79 Å². The van der Waals surface area contributed by atoms with E-state index in [1.54, 1.807) is 16.8 Å². The SMILES string of the molecule is CC(CNC(=O)c1ccc2ncsc2c1)N1CCOCC1. The van der Waals surface area contributed by atoms with E-state index in [-0.39, 0.29) is 5.91 Å². The Morgan fingerprint density at radius 1 is 1.48 bits per heavy atom. The van der Waals surface area contributed by atoms with E-state index in [1.165, 1.54) is 0 Å². The van der Waals surface area contributed by atoms with E-state index in [1.807, 2.05) is 18.2 Å². The number of hydrogen-bond donors (Lipinski definition) is 1. The molecule has 6 heteroatoms. The summed E-state index contributed by atoms with van der Waals surface area (Å²) in [5.74, 6) is -0.0228. The number of thiazole rings is 1. The first-order valence-corrected chi connectivity index (χ1v) is 8.05. The number of amides is 1. The standard InChI is InChI=1S/C15H19N3O2S/c1-11(18-4-6-20-7-5-18)9-16-15(19)12-2-3-13-14(8-12)21-10-17-13/h2-3,8,10-11H,4-7,9H2,1H3,(H,16,19). The van der Waals surface area contributed by atoms with Gasteiger partial charge < -0.3 is 10.1 Å². The minimum Gasteiger partial charge on any atom is -0.379 e. The zero-order chi connectivity index (χ0) is 14.7. The number of aromatic nitrogens is 1. The van der Waals surface area contributed by atoms with Crippen LogP contribution in [0.3, 0.4) is 0 Å². The molecule has 0 spiro atoms. The molecule has 3 rings (SSSR count). The van der Waals surface area contributed by atoms with E-state index in [2.05, 4.69) is 22.1 Å². The summed E-state index contributed by atoms with van der Waals surface area (Å²) in [4.78, 5) is 18.8. The molecule has 0 aliphatic carbocycles. The first kappa shape index (κ1) is 14.4. The Balaban J connectivity index is 1.57. The van der Waals surface area contributed by atoms with Crippen molar-refractivity contribution in [2.24, 2.45) is 0 Å². The maximum Gasteiger partial charge on any atom is 0.251 e. The minimum absolute atomic E-state index is 0.0228. The van der Waals surface area contributed by atoms with Gasteiger partial charge in [0.05, 0.1) is 28.9 Å². The van der Waals surface area contributed by atoms with E-state index in [0.29, 0.717) is 18.2 Å². The smallest absolute Gasteiger partial charge is 0.251 e. The molecule has 1 amide bonds. The third kappa shape index (κ3) is 3.40. The summed E-state index contributed by atoms with van der Waals surface area (Å²) in [6.45, 7) is 6.21. The number of rotatable bonds is 4. The zero-order valence-corrected chi connectivity index (χ0v) is 12.9. The van der Waals surface area contributed by atoms with E-state index in [4.69, 9.17) is 4.74 Å². The van der Waals surface area contributed by atoms with Gasteiger partial charge in [0, 0.05) is 31.2 Å². The number of nitrogens with zero attached hydrogens (tertiary/aromatic N) is 2. The lowest BCUT2D eigenvalue weighted by atomic mass is 10.2. The van der Waals surface area contributed by atoms with Crippen molar-refractivity contribution < 1.29 is 9.53 Å². The van der Waals surface area contributed by atoms with Crippen molar-refractivity contribution in [2.45, 2.75) is 13.0 Å². The first-order chi connectivity index (χ1) is 10.2. The number of morpholine rings is 1. The van der Waals surface area contributed by atoms with Gasteiger partial charge in [-0.15, -0.1) is 11.3 Å². The number of nitrogens with one attached hydrogen (secondary N) is 1. The molecular formula is C15H19N3O2S. The molecule has 0 radical (unpaired) electrons. The maximum atomic E-state index is 12.2. The number of fused-ring (bicyclic) bond motifs is 1. The summed E-state index contributed by atoms with van der Waals surface area (Å²) in [6.07, 6.45) is 0. The van der Waals surface area contributed by atoms with Crippen LogP contribution < -0.4 is 5.32 Å². The highest BCUT2D eigenvalue weighted by molar-refractivity contribution is 7.16. The van der Waals surface area contributed by atoms with Crippen molar-refractivity contribution in [2.75, 3.05) is 32.8 Å². The molecule has 5 nitrogen and oxygen atoms in total. The first-order valence-electron chi connectivity index (χ1n) is 7.17. The molecule has 1 aliphatic heterocycles. The molecule has 0 saturated carbocycles. The molecule has 1 fully saturated rings.